The number of hydrogen-bond acceptors (Lipinski definition) is 1. The minimum absolute atomic E-state index is 0.991. The first-order chi connectivity index (χ1) is 5.86. The molecule has 2 bridgehead atoms. The minimum atomic E-state index is 0.991. The Labute approximate surface area is 75.9 Å². The summed E-state index contributed by atoms with van der Waals surface area (Å²) in [6.07, 6.45) is 7.38. The highest BCUT2D eigenvalue weighted by Crippen LogP contribution is 2.34. The molecule has 12 heavy (non-hydrogen) atoms. The van der Waals surface area contributed by atoms with Crippen molar-refractivity contribution in [1.82, 2.24) is 5.32 Å². The van der Waals surface area contributed by atoms with E-state index in [0.717, 1.165) is 17.8 Å². The van der Waals surface area contributed by atoms with Crippen LogP contribution in [0, 0.1) is 17.8 Å². The number of hydrogen-bond donors (Lipinski definition) is 1. The third-order valence-electron chi connectivity index (χ3n) is 3.82. The standard InChI is InChI=1S/C11H21N/c1-9-7-10-3-2-4-11(9)5-6-12-8-10/h9-12H,2-8H2,1H3/t9?,10-,11?/m1/s1. The average Bonchev–Trinajstić information content (AvgIpc) is 2.18. The van der Waals surface area contributed by atoms with Gasteiger partial charge in [-0.05, 0) is 50.1 Å². The van der Waals surface area contributed by atoms with Gasteiger partial charge in [0.05, 0.1) is 0 Å². The maximum Gasteiger partial charge on any atom is -0.00204 e. The lowest BCUT2D eigenvalue weighted by molar-refractivity contribution is 0.265. The summed E-state index contributed by atoms with van der Waals surface area (Å²) in [5.41, 5.74) is 0. The van der Waals surface area contributed by atoms with E-state index in [4.69, 9.17) is 0 Å². The first-order valence-electron chi connectivity index (χ1n) is 5.57. The quantitative estimate of drug-likeness (QED) is 0.584. The zero-order chi connectivity index (χ0) is 8.39. The molecule has 0 radical (unpaired) electrons. The molecule has 1 heteroatoms. The van der Waals surface area contributed by atoms with E-state index in [1.54, 1.807) is 0 Å². The fraction of sp³-hybridized carbons (Fsp3) is 1.00. The Morgan fingerprint density at radius 3 is 3.00 bits per heavy atom. The molecule has 0 aromatic heterocycles. The predicted octanol–water partition coefficient (Wildman–Crippen LogP) is 2.42. The third kappa shape index (κ3) is 1.82. The molecule has 0 aromatic carbocycles. The summed E-state index contributed by atoms with van der Waals surface area (Å²) in [5, 5.41) is 3.58. The van der Waals surface area contributed by atoms with E-state index in [-0.39, 0.29) is 0 Å². The molecule has 0 spiro atoms. The maximum atomic E-state index is 3.58. The molecular weight excluding hydrogens is 146 g/mol. The lowest BCUT2D eigenvalue weighted by Crippen LogP contribution is -2.29. The molecule has 1 nitrogen and oxygen atoms in total. The largest absolute Gasteiger partial charge is 0.316 e. The molecule has 3 atom stereocenters. The van der Waals surface area contributed by atoms with Gasteiger partial charge in [0.1, 0.15) is 0 Å². The fourth-order valence-corrected chi connectivity index (χ4v) is 3.00. The molecule has 0 aromatic rings. The molecule has 1 saturated carbocycles. The van der Waals surface area contributed by atoms with E-state index in [1.165, 1.54) is 45.2 Å². The maximum absolute atomic E-state index is 3.58. The normalized spacial score (nSPS) is 43.2. The van der Waals surface area contributed by atoms with Crippen LogP contribution in [0.25, 0.3) is 0 Å². The topological polar surface area (TPSA) is 12.0 Å². The van der Waals surface area contributed by atoms with Crippen LogP contribution in [0.5, 0.6) is 0 Å². The van der Waals surface area contributed by atoms with Crippen molar-refractivity contribution < 1.29 is 0 Å². The first-order valence-corrected chi connectivity index (χ1v) is 5.57. The van der Waals surface area contributed by atoms with E-state index in [1.807, 2.05) is 0 Å². The minimum Gasteiger partial charge on any atom is -0.316 e. The summed E-state index contributed by atoms with van der Waals surface area (Å²) < 4.78 is 0. The van der Waals surface area contributed by atoms with Gasteiger partial charge in [0.25, 0.3) is 0 Å². The van der Waals surface area contributed by atoms with Crippen LogP contribution in [-0.4, -0.2) is 13.1 Å². The third-order valence-corrected chi connectivity index (χ3v) is 3.82. The van der Waals surface area contributed by atoms with Crippen LogP contribution in [0.4, 0.5) is 0 Å². The van der Waals surface area contributed by atoms with Crippen molar-refractivity contribution in [2.75, 3.05) is 13.1 Å². The van der Waals surface area contributed by atoms with Gasteiger partial charge >= 0.3 is 0 Å². The monoisotopic (exact) mass is 167 g/mol. The fourth-order valence-electron chi connectivity index (χ4n) is 3.00. The summed E-state index contributed by atoms with van der Waals surface area (Å²) in [6, 6.07) is 0. The lowest BCUT2D eigenvalue weighted by atomic mass is 9.84. The molecule has 1 saturated heterocycles. The van der Waals surface area contributed by atoms with Crippen molar-refractivity contribution >= 4 is 0 Å². The van der Waals surface area contributed by atoms with Crippen molar-refractivity contribution in [3.05, 3.63) is 0 Å². The number of rotatable bonds is 0. The van der Waals surface area contributed by atoms with Crippen molar-refractivity contribution in [3.63, 3.8) is 0 Å². The highest BCUT2D eigenvalue weighted by molar-refractivity contribution is 4.79. The second-order valence-corrected chi connectivity index (χ2v) is 4.76. The van der Waals surface area contributed by atoms with Gasteiger partial charge in [-0.15, -0.1) is 0 Å². The summed E-state index contributed by atoms with van der Waals surface area (Å²) in [4.78, 5) is 0. The molecule has 1 heterocycles. The van der Waals surface area contributed by atoms with E-state index < -0.39 is 0 Å². The smallest absolute Gasteiger partial charge is 0.00204 e. The summed E-state index contributed by atoms with van der Waals surface area (Å²) in [5.74, 6) is 3.02. The van der Waals surface area contributed by atoms with Crippen LogP contribution in [0.2, 0.25) is 0 Å². The van der Waals surface area contributed by atoms with Gasteiger partial charge in [-0.3, -0.25) is 0 Å². The molecule has 2 fully saturated rings. The molecule has 0 amide bonds. The Bertz CT molecular complexity index is 140. The average molecular weight is 167 g/mol. The zero-order valence-corrected chi connectivity index (χ0v) is 8.18. The Hall–Kier alpha value is -0.0400. The van der Waals surface area contributed by atoms with E-state index in [9.17, 15) is 0 Å². The number of nitrogens with one attached hydrogen (secondary N) is 1. The Morgan fingerprint density at radius 2 is 2.08 bits per heavy atom. The highest BCUT2D eigenvalue weighted by atomic mass is 14.9. The molecule has 1 aliphatic carbocycles. The highest BCUT2D eigenvalue weighted by Gasteiger charge is 2.26. The van der Waals surface area contributed by atoms with Crippen molar-refractivity contribution in [3.8, 4) is 0 Å². The Kier molecular flexibility index (Phi) is 2.69. The van der Waals surface area contributed by atoms with Gasteiger partial charge in [-0.1, -0.05) is 19.8 Å². The summed E-state index contributed by atoms with van der Waals surface area (Å²) >= 11 is 0. The summed E-state index contributed by atoms with van der Waals surface area (Å²) in [6.45, 7) is 5.02. The van der Waals surface area contributed by atoms with Crippen LogP contribution in [-0.2, 0) is 0 Å². The van der Waals surface area contributed by atoms with Crippen molar-refractivity contribution in [2.24, 2.45) is 17.8 Å². The van der Waals surface area contributed by atoms with Gasteiger partial charge in [0.2, 0.25) is 0 Å². The van der Waals surface area contributed by atoms with Gasteiger partial charge in [-0.25, -0.2) is 0 Å². The van der Waals surface area contributed by atoms with Crippen LogP contribution >= 0.6 is 0 Å². The van der Waals surface area contributed by atoms with E-state index >= 15 is 0 Å². The van der Waals surface area contributed by atoms with Crippen LogP contribution in [0.15, 0.2) is 0 Å². The lowest BCUT2D eigenvalue weighted by Gasteiger charge is -2.26. The van der Waals surface area contributed by atoms with Crippen LogP contribution in [0.3, 0.4) is 0 Å². The second-order valence-electron chi connectivity index (χ2n) is 4.76. The Morgan fingerprint density at radius 1 is 1.17 bits per heavy atom. The van der Waals surface area contributed by atoms with Crippen LogP contribution in [0.1, 0.15) is 39.0 Å². The van der Waals surface area contributed by atoms with Crippen molar-refractivity contribution in [2.45, 2.75) is 39.0 Å². The molecule has 2 unspecified atom stereocenters. The molecule has 70 valence electrons. The molecular formula is C11H21N. The van der Waals surface area contributed by atoms with Gasteiger partial charge in [0, 0.05) is 0 Å². The van der Waals surface area contributed by atoms with Gasteiger partial charge < -0.3 is 5.32 Å². The van der Waals surface area contributed by atoms with Crippen molar-refractivity contribution in [1.29, 1.82) is 0 Å². The number of fused-ring (bicyclic) bond motifs is 3. The molecule has 2 rings (SSSR count). The van der Waals surface area contributed by atoms with Crippen LogP contribution < -0.4 is 5.32 Å². The SMILES string of the molecule is CC1C[C@H]2CCCC1CCNC2. The molecule has 2 aliphatic rings. The molecule has 1 N–H and O–H groups in total. The first kappa shape index (κ1) is 8.55. The summed E-state index contributed by atoms with van der Waals surface area (Å²) in [7, 11) is 0. The predicted molar refractivity (Wildman–Crippen MR) is 52.1 cm³/mol. The molecule has 1 aliphatic heterocycles. The Balaban J connectivity index is 2.04. The second kappa shape index (κ2) is 3.78. The van der Waals surface area contributed by atoms with E-state index in [0.29, 0.717) is 0 Å². The van der Waals surface area contributed by atoms with Gasteiger partial charge in [0.15, 0.2) is 0 Å². The van der Waals surface area contributed by atoms with E-state index in [2.05, 4.69) is 12.2 Å². The van der Waals surface area contributed by atoms with Gasteiger partial charge in [-0.2, -0.15) is 0 Å². The zero-order valence-electron chi connectivity index (χ0n) is 8.18.